The number of rotatable bonds is 8. The van der Waals surface area contributed by atoms with Crippen LogP contribution in [0, 0.1) is 13.8 Å². The molecule has 4 rings (SSSR count). The van der Waals surface area contributed by atoms with Crippen molar-refractivity contribution >= 4 is 29.3 Å². The standard InChI is InChI=1S/C25H24N4O3S/c1-17-12-18(2)14-21(13-17)29-10-9-26-25(29)33-16-23(30)27-15-19-5-7-20(8-6-19)28-24(31)22-4-3-11-32-22/h3-14H,15-16H2,1-2H3,(H,27,30)(H,28,31). The minimum absolute atomic E-state index is 0.0785. The van der Waals surface area contributed by atoms with Crippen molar-refractivity contribution in [2.45, 2.75) is 25.5 Å². The predicted molar refractivity (Wildman–Crippen MR) is 129 cm³/mol. The van der Waals surface area contributed by atoms with E-state index in [0.29, 0.717) is 12.2 Å². The average Bonchev–Trinajstić information content (AvgIpc) is 3.49. The molecule has 2 amide bonds. The Labute approximate surface area is 196 Å². The van der Waals surface area contributed by atoms with Crippen LogP contribution in [0.2, 0.25) is 0 Å². The number of furan rings is 1. The summed E-state index contributed by atoms with van der Waals surface area (Å²) >= 11 is 1.39. The van der Waals surface area contributed by atoms with E-state index >= 15 is 0 Å². The van der Waals surface area contributed by atoms with Gasteiger partial charge in [-0.3, -0.25) is 14.2 Å². The average molecular weight is 461 g/mol. The van der Waals surface area contributed by atoms with Crippen LogP contribution in [0.4, 0.5) is 5.69 Å². The predicted octanol–water partition coefficient (Wildman–Crippen LogP) is 4.74. The molecule has 0 aliphatic carbocycles. The van der Waals surface area contributed by atoms with Crippen molar-refractivity contribution in [3.63, 3.8) is 0 Å². The van der Waals surface area contributed by atoms with E-state index in [1.165, 1.54) is 29.2 Å². The third kappa shape index (κ3) is 5.93. The van der Waals surface area contributed by atoms with E-state index < -0.39 is 0 Å². The first kappa shape index (κ1) is 22.4. The molecule has 0 saturated heterocycles. The normalized spacial score (nSPS) is 10.7. The van der Waals surface area contributed by atoms with Gasteiger partial charge in [0.15, 0.2) is 10.9 Å². The van der Waals surface area contributed by atoms with Gasteiger partial charge in [-0.15, -0.1) is 0 Å². The molecule has 0 spiro atoms. The molecule has 2 heterocycles. The van der Waals surface area contributed by atoms with Crippen molar-refractivity contribution < 1.29 is 14.0 Å². The number of nitrogens with one attached hydrogen (secondary N) is 2. The number of aryl methyl sites for hydroxylation is 2. The lowest BCUT2D eigenvalue weighted by atomic mass is 10.1. The zero-order valence-corrected chi connectivity index (χ0v) is 19.2. The van der Waals surface area contributed by atoms with Gasteiger partial charge in [0, 0.05) is 30.3 Å². The fourth-order valence-corrected chi connectivity index (χ4v) is 4.17. The Balaban J connectivity index is 1.27. The molecule has 0 atom stereocenters. The van der Waals surface area contributed by atoms with Gasteiger partial charge >= 0.3 is 0 Å². The van der Waals surface area contributed by atoms with Gasteiger partial charge in [-0.2, -0.15) is 0 Å². The SMILES string of the molecule is Cc1cc(C)cc(-n2ccnc2SCC(=O)NCc2ccc(NC(=O)c3ccco3)cc2)c1. The summed E-state index contributed by atoms with van der Waals surface area (Å²) < 4.78 is 7.07. The fraction of sp³-hybridized carbons (Fsp3) is 0.160. The molecule has 2 aromatic heterocycles. The van der Waals surface area contributed by atoms with Gasteiger partial charge < -0.3 is 15.1 Å². The van der Waals surface area contributed by atoms with Gasteiger partial charge in [0.1, 0.15) is 0 Å². The lowest BCUT2D eigenvalue weighted by molar-refractivity contribution is -0.118. The maximum Gasteiger partial charge on any atom is 0.291 e. The van der Waals surface area contributed by atoms with Crippen molar-refractivity contribution in [2.24, 2.45) is 0 Å². The molecule has 33 heavy (non-hydrogen) atoms. The number of imidazole rings is 1. The molecule has 0 radical (unpaired) electrons. The van der Waals surface area contributed by atoms with Gasteiger partial charge in [-0.25, -0.2) is 4.98 Å². The molecule has 0 aliphatic heterocycles. The van der Waals surface area contributed by atoms with Crippen LogP contribution in [0.25, 0.3) is 5.69 Å². The Kier molecular flexibility index (Phi) is 6.95. The Morgan fingerprint density at radius 2 is 1.82 bits per heavy atom. The highest BCUT2D eigenvalue weighted by Gasteiger charge is 2.11. The first-order valence-corrected chi connectivity index (χ1v) is 11.4. The molecule has 0 fully saturated rings. The minimum Gasteiger partial charge on any atom is -0.459 e. The molecule has 4 aromatic rings. The Morgan fingerprint density at radius 3 is 2.52 bits per heavy atom. The quantitative estimate of drug-likeness (QED) is 0.371. The lowest BCUT2D eigenvalue weighted by Gasteiger charge is -2.10. The molecule has 0 aliphatic rings. The maximum atomic E-state index is 12.4. The van der Waals surface area contributed by atoms with Crippen LogP contribution in [-0.4, -0.2) is 27.1 Å². The number of carbonyl (C=O) groups excluding carboxylic acids is 2. The van der Waals surface area contributed by atoms with E-state index in [1.807, 2.05) is 22.9 Å². The van der Waals surface area contributed by atoms with E-state index in [-0.39, 0.29) is 23.3 Å². The molecular formula is C25H24N4O3S. The summed E-state index contributed by atoms with van der Waals surface area (Å²) in [5, 5.41) is 6.46. The van der Waals surface area contributed by atoms with Crippen molar-refractivity contribution in [3.8, 4) is 5.69 Å². The van der Waals surface area contributed by atoms with E-state index in [1.54, 1.807) is 30.5 Å². The number of thioether (sulfide) groups is 1. The monoisotopic (exact) mass is 460 g/mol. The molecular weight excluding hydrogens is 436 g/mol. The Bertz CT molecular complexity index is 1230. The second-order valence-corrected chi connectivity index (χ2v) is 8.56. The summed E-state index contributed by atoms with van der Waals surface area (Å²) in [5.74, 6) is 0.128. The van der Waals surface area contributed by atoms with Gasteiger partial charge in [-0.05, 0) is 66.9 Å². The summed E-state index contributed by atoms with van der Waals surface area (Å²) in [7, 11) is 0. The number of anilines is 1. The molecule has 2 aromatic carbocycles. The van der Waals surface area contributed by atoms with Crippen LogP contribution < -0.4 is 10.6 Å². The summed E-state index contributed by atoms with van der Waals surface area (Å²) in [6, 6.07) is 16.9. The van der Waals surface area contributed by atoms with E-state index in [2.05, 4.69) is 47.7 Å². The molecule has 2 N–H and O–H groups in total. The van der Waals surface area contributed by atoms with E-state index in [0.717, 1.165) is 16.4 Å². The minimum atomic E-state index is -0.308. The second kappa shape index (κ2) is 10.2. The highest BCUT2D eigenvalue weighted by atomic mass is 32.2. The largest absolute Gasteiger partial charge is 0.459 e. The van der Waals surface area contributed by atoms with Crippen LogP contribution in [0.5, 0.6) is 0 Å². The van der Waals surface area contributed by atoms with Gasteiger partial charge in [0.2, 0.25) is 5.91 Å². The van der Waals surface area contributed by atoms with Crippen molar-refractivity contribution in [2.75, 3.05) is 11.1 Å². The molecule has 168 valence electrons. The molecule has 0 unspecified atom stereocenters. The molecule has 0 bridgehead atoms. The Morgan fingerprint density at radius 1 is 1.06 bits per heavy atom. The number of aromatic nitrogens is 2. The van der Waals surface area contributed by atoms with Gasteiger partial charge in [0.25, 0.3) is 5.91 Å². The maximum absolute atomic E-state index is 12.4. The topological polar surface area (TPSA) is 89.2 Å². The number of hydrogen-bond donors (Lipinski definition) is 2. The van der Waals surface area contributed by atoms with E-state index in [9.17, 15) is 9.59 Å². The first-order chi connectivity index (χ1) is 16.0. The highest BCUT2D eigenvalue weighted by Crippen LogP contribution is 2.22. The first-order valence-electron chi connectivity index (χ1n) is 10.4. The zero-order chi connectivity index (χ0) is 23.2. The van der Waals surface area contributed by atoms with Crippen molar-refractivity contribution in [3.05, 3.63) is 95.7 Å². The van der Waals surface area contributed by atoms with Crippen molar-refractivity contribution in [1.29, 1.82) is 0 Å². The summed E-state index contributed by atoms with van der Waals surface area (Å²) in [5.41, 5.74) is 4.98. The number of carbonyl (C=O) groups is 2. The molecule has 0 saturated carbocycles. The Hall–Kier alpha value is -3.78. The molecule has 7 nitrogen and oxygen atoms in total. The number of benzene rings is 2. The van der Waals surface area contributed by atoms with E-state index in [4.69, 9.17) is 4.42 Å². The third-order valence-electron chi connectivity index (χ3n) is 4.87. The van der Waals surface area contributed by atoms with Gasteiger partial charge in [-0.1, -0.05) is 30.0 Å². The smallest absolute Gasteiger partial charge is 0.291 e. The van der Waals surface area contributed by atoms with Crippen LogP contribution in [-0.2, 0) is 11.3 Å². The van der Waals surface area contributed by atoms with Crippen LogP contribution in [0.1, 0.15) is 27.2 Å². The lowest BCUT2D eigenvalue weighted by Crippen LogP contribution is -2.24. The number of hydrogen-bond acceptors (Lipinski definition) is 5. The molecule has 8 heteroatoms. The van der Waals surface area contributed by atoms with Crippen LogP contribution >= 0.6 is 11.8 Å². The van der Waals surface area contributed by atoms with Gasteiger partial charge in [0.05, 0.1) is 12.0 Å². The van der Waals surface area contributed by atoms with Crippen molar-refractivity contribution in [1.82, 2.24) is 14.9 Å². The fourth-order valence-electron chi connectivity index (χ4n) is 3.37. The number of nitrogens with zero attached hydrogens (tertiary/aromatic N) is 2. The van der Waals surface area contributed by atoms with Crippen LogP contribution in [0.3, 0.4) is 0 Å². The summed E-state index contributed by atoms with van der Waals surface area (Å²) in [6.45, 7) is 4.53. The second-order valence-electron chi connectivity index (χ2n) is 7.62. The highest BCUT2D eigenvalue weighted by molar-refractivity contribution is 7.99. The van der Waals surface area contributed by atoms with Crippen LogP contribution in [0.15, 0.2) is 82.8 Å². The summed E-state index contributed by atoms with van der Waals surface area (Å²) in [6.07, 6.45) is 5.10. The zero-order valence-electron chi connectivity index (χ0n) is 18.4. The third-order valence-corrected chi connectivity index (χ3v) is 5.84. The number of amides is 2. The summed E-state index contributed by atoms with van der Waals surface area (Å²) in [4.78, 5) is 28.8.